The van der Waals surface area contributed by atoms with Gasteiger partial charge in [0.25, 0.3) is 0 Å². The lowest BCUT2D eigenvalue weighted by molar-refractivity contribution is -0.173. The van der Waals surface area contributed by atoms with E-state index in [1.54, 1.807) is 0 Å². The van der Waals surface area contributed by atoms with E-state index in [-0.39, 0.29) is 25.5 Å². The van der Waals surface area contributed by atoms with Crippen molar-refractivity contribution in [1.29, 1.82) is 0 Å². The molecule has 0 aromatic rings. The fourth-order valence-corrected chi connectivity index (χ4v) is 0.750. The summed E-state index contributed by atoms with van der Waals surface area (Å²) in [7, 11) is 1.27. The van der Waals surface area contributed by atoms with Crippen LogP contribution in [0, 0.1) is 0 Å². The fraction of sp³-hybridized carbons (Fsp3) is 0.875. The molecule has 0 spiro atoms. The number of methoxy groups -OCH3 is 1. The molecule has 0 unspecified atom stereocenters. The van der Waals surface area contributed by atoms with Crippen LogP contribution in [0.25, 0.3) is 0 Å². The van der Waals surface area contributed by atoms with Gasteiger partial charge in [0.2, 0.25) is 0 Å². The van der Waals surface area contributed by atoms with Gasteiger partial charge < -0.3 is 14.8 Å². The summed E-state index contributed by atoms with van der Waals surface area (Å²) in [4.78, 5) is 10.6. The Morgan fingerprint density at radius 3 is 2.53 bits per heavy atom. The standard InChI is InChI=1S/C8H14F3NO3/c1-14-7(13)2-3-12-4-5-15-6-8(9,10)11/h12H,2-6H2,1H3. The van der Waals surface area contributed by atoms with Crippen molar-refractivity contribution >= 4 is 5.97 Å². The van der Waals surface area contributed by atoms with E-state index in [1.807, 2.05) is 0 Å². The second-order valence-corrected chi connectivity index (χ2v) is 2.74. The second kappa shape index (κ2) is 7.47. The maximum absolute atomic E-state index is 11.6. The van der Waals surface area contributed by atoms with E-state index in [2.05, 4.69) is 14.8 Å². The van der Waals surface area contributed by atoms with Gasteiger partial charge >= 0.3 is 12.1 Å². The molecule has 7 heteroatoms. The molecule has 0 aliphatic rings. The molecule has 0 saturated heterocycles. The molecule has 0 rings (SSSR count). The van der Waals surface area contributed by atoms with Gasteiger partial charge in [-0.05, 0) is 0 Å². The Bertz CT molecular complexity index is 184. The normalized spacial score (nSPS) is 11.5. The van der Waals surface area contributed by atoms with Crippen molar-refractivity contribution in [3.8, 4) is 0 Å². The maximum atomic E-state index is 11.6. The predicted octanol–water partition coefficient (Wildman–Crippen LogP) is 0.718. The van der Waals surface area contributed by atoms with Crippen molar-refractivity contribution in [2.24, 2.45) is 0 Å². The molecule has 0 aliphatic carbocycles. The molecule has 0 atom stereocenters. The minimum absolute atomic E-state index is 0.0410. The van der Waals surface area contributed by atoms with Gasteiger partial charge in [0.1, 0.15) is 6.61 Å². The minimum Gasteiger partial charge on any atom is -0.469 e. The van der Waals surface area contributed by atoms with Crippen LogP contribution < -0.4 is 5.32 Å². The molecular weight excluding hydrogens is 215 g/mol. The van der Waals surface area contributed by atoms with Gasteiger partial charge in [-0.15, -0.1) is 0 Å². The van der Waals surface area contributed by atoms with Gasteiger partial charge in [-0.2, -0.15) is 13.2 Å². The Balaban J connectivity index is 3.16. The highest BCUT2D eigenvalue weighted by Crippen LogP contribution is 2.13. The Morgan fingerprint density at radius 1 is 1.33 bits per heavy atom. The molecule has 4 nitrogen and oxygen atoms in total. The van der Waals surface area contributed by atoms with Crippen LogP contribution in [0.1, 0.15) is 6.42 Å². The van der Waals surface area contributed by atoms with Gasteiger partial charge in [0.15, 0.2) is 0 Å². The molecule has 0 fully saturated rings. The highest BCUT2D eigenvalue weighted by Gasteiger charge is 2.27. The first-order valence-electron chi connectivity index (χ1n) is 4.38. The van der Waals surface area contributed by atoms with E-state index in [1.165, 1.54) is 7.11 Å². The number of rotatable bonds is 7. The SMILES string of the molecule is COC(=O)CCNCCOCC(F)(F)F. The van der Waals surface area contributed by atoms with Gasteiger partial charge in [-0.3, -0.25) is 4.79 Å². The number of nitrogens with one attached hydrogen (secondary N) is 1. The second-order valence-electron chi connectivity index (χ2n) is 2.74. The Hall–Kier alpha value is -0.820. The summed E-state index contributed by atoms with van der Waals surface area (Å²) in [5, 5.41) is 2.74. The lowest BCUT2D eigenvalue weighted by Gasteiger charge is -2.07. The van der Waals surface area contributed by atoms with E-state index in [0.717, 1.165) is 0 Å². The average Bonchev–Trinajstić information content (AvgIpc) is 2.14. The van der Waals surface area contributed by atoms with E-state index in [0.29, 0.717) is 6.54 Å². The quantitative estimate of drug-likeness (QED) is 0.516. The van der Waals surface area contributed by atoms with Crippen LogP contribution in [0.15, 0.2) is 0 Å². The number of ether oxygens (including phenoxy) is 2. The Labute approximate surface area is 85.7 Å². The summed E-state index contributed by atoms with van der Waals surface area (Å²) in [5.41, 5.74) is 0. The molecule has 0 heterocycles. The predicted molar refractivity (Wildman–Crippen MR) is 46.4 cm³/mol. The third-order valence-corrected chi connectivity index (χ3v) is 1.42. The molecule has 0 aromatic heterocycles. The summed E-state index contributed by atoms with van der Waals surface area (Å²) >= 11 is 0. The zero-order valence-electron chi connectivity index (χ0n) is 8.39. The van der Waals surface area contributed by atoms with Crippen LogP contribution in [0.5, 0.6) is 0 Å². The van der Waals surface area contributed by atoms with Crippen molar-refractivity contribution < 1.29 is 27.4 Å². The Morgan fingerprint density at radius 2 is 2.00 bits per heavy atom. The number of hydrogen-bond donors (Lipinski definition) is 1. The maximum Gasteiger partial charge on any atom is 0.411 e. The van der Waals surface area contributed by atoms with Crippen LogP contribution >= 0.6 is 0 Å². The van der Waals surface area contributed by atoms with Gasteiger partial charge in [0, 0.05) is 13.1 Å². The largest absolute Gasteiger partial charge is 0.469 e. The summed E-state index contributed by atoms with van der Waals surface area (Å²) < 4.78 is 43.4. The summed E-state index contributed by atoms with van der Waals surface area (Å²) in [6.07, 6.45) is -4.10. The summed E-state index contributed by atoms with van der Waals surface area (Å²) in [6.45, 7) is -0.651. The van der Waals surface area contributed by atoms with Crippen molar-refractivity contribution in [3.63, 3.8) is 0 Å². The van der Waals surface area contributed by atoms with Gasteiger partial charge in [-0.1, -0.05) is 0 Å². The monoisotopic (exact) mass is 229 g/mol. The Kier molecular flexibility index (Phi) is 7.06. The first-order valence-corrected chi connectivity index (χ1v) is 4.38. The lowest BCUT2D eigenvalue weighted by atomic mass is 10.4. The van der Waals surface area contributed by atoms with E-state index in [9.17, 15) is 18.0 Å². The van der Waals surface area contributed by atoms with Crippen LogP contribution in [0.2, 0.25) is 0 Å². The number of halogens is 3. The summed E-state index contributed by atoms with van der Waals surface area (Å²) in [6, 6.07) is 0. The van der Waals surface area contributed by atoms with Gasteiger partial charge in [-0.25, -0.2) is 0 Å². The zero-order chi connectivity index (χ0) is 11.7. The van der Waals surface area contributed by atoms with Crippen molar-refractivity contribution in [2.45, 2.75) is 12.6 Å². The summed E-state index contributed by atoms with van der Waals surface area (Å²) in [5.74, 6) is -0.362. The fourth-order valence-electron chi connectivity index (χ4n) is 0.750. The number of carbonyl (C=O) groups is 1. The smallest absolute Gasteiger partial charge is 0.411 e. The highest BCUT2D eigenvalue weighted by molar-refractivity contribution is 5.69. The minimum atomic E-state index is -4.29. The topological polar surface area (TPSA) is 47.6 Å². The van der Waals surface area contributed by atoms with E-state index in [4.69, 9.17) is 0 Å². The van der Waals surface area contributed by atoms with Crippen molar-refractivity contribution in [2.75, 3.05) is 33.4 Å². The van der Waals surface area contributed by atoms with Crippen LogP contribution in [-0.4, -0.2) is 45.6 Å². The molecule has 0 aliphatic heterocycles. The zero-order valence-corrected chi connectivity index (χ0v) is 8.39. The first-order chi connectivity index (χ1) is 6.95. The third kappa shape index (κ3) is 11.1. The lowest BCUT2D eigenvalue weighted by Crippen LogP contribution is -2.25. The van der Waals surface area contributed by atoms with Crippen molar-refractivity contribution in [1.82, 2.24) is 5.32 Å². The molecule has 0 aromatic carbocycles. The number of carbonyl (C=O) groups excluding carboxylic acids is 1. The molecule has 0 bridgehead atoms. The van der Waals surface area contributed by atoms with E-state index >= 15 is 0 Å². The van der Waals surface area contributed by atoms with Gasteiger partial charge in [0.05, 0.1) is 20.1 Å². The van der Waals surface area contributed by atoms with Crippen LogP contribution in [0.4, 0.5) is 13.2 Å². The molecule has 1 N–H and O–H groups in total. The molecule has 90 valence electrons. The van der Waals surface area contributed by atoms with Crippen molar-refractivity contribution in [3.05, 3.63) is 0 Å². The number of esters is 1. The molecule has 0 radical (unpaired) electrons. The molecule has 0 saturated carbocycles. The molecule has 0 amide bonds. The number of alkyl halides is 3. The number of hydrogen-bond acceptors (Lipinski definition) is 4. The molecular formula is C8H14F3NO3. The highest BCUT2D eigenvalue weighted by atomic mass is 19.4. The van der Waals surface area contributed by atoms with Crippen LogP contribution in [-0.2, 0) is 14.3 Å². The van der Waals surface area contributed by atoms with E-state index < -0.39 is 12.8 Å². The third-order valence-electron chi connectivity index (χ3n) is 1.42. The first kappa shape index (κ1) is 14.2. The average molecular weight is 229 g/mol. The molecule has 15 heavy (non-hydrogen) atoms. The van der Waals surface area contributed by atoms with Crippen LogP contribution in [0.3, 0.4) is 0 Å².